The van der Waals surface area contributed by atoms with Crippen molar-refractivity contribution in [3.05, 3.63) is 5.82 Å². The number of nitrogens with zero attached hydrogens (tertiary/aromatic N) is 3. The van der Waals surface area contributed by atoms with Crippen molar-refractivity contribution in [2.45, 2.75) is 31.2 Å². The lowest BCUT2D eigenvalue weighted by Gasteiger charge is -2.16. The summed E-state index contributed by atoms with van der Waals surface area (Å²) in [5, 5.41) is 8.89. The van der Waals surface area contributed by atoms with Gasteiger partial charge in [0.15, 0.2) is 5.16 Å². The van der Waals surface area contributed by atoms with Gasteiger partial charge in [0, 0.05) is 18.2 Å². The Hall–Kier alpha value is -1.08. The number of nitrogens with one attached hydrogen (secondary N) is 1. The molecule has 0 aromatic carbocycles. The number of carbonyl (C=O) groups is 1. The van der Waals surface area contributed by atoms with Gasteiger partial charge in [-0.2, -0.15) is 0 Å². The van der Waals surface area contributed by atoms with E-state index in [1.807, 2.05) is 32.4 Å². The van der Waals surface area contributed by atoms with E-state index in [0.29, 0.717) is 0 Å². The van der Waals surface area contributed by atoms with Crippen LogP contribution in [0, 0.1) is 12.8 Å². The molecule has 0 spiro atoms. The van der Waals surface area contributed by atoms with Crippen LogP contribution in [0.3, 0.4) is 0 Å². The SMILES string of the molecule is Cc1nnc(SC(C)C(C)C(=O)NN)n1C. The first kappa shape index (κ1) is 13.0. The Balaban J connectivity index is 2.67. The monoisotopic (exact) mass is 243 g/mol. The number of thioether (sulfide) groups is 1. The fraction of sp³-hybridized carbons (Fsp3) is 0.667. The van der Waals surface area contributed by atoms with E-state index in [4.69, 9.17) is 5.84 Å². The summed E-state index contributed by atoms with van der Waals surface area (Å²) in [6.45, 7) is 5.69. The zero-order chi connectivity index (χ0) is 12.3. The maximum absolute atomic E-state index is 11.3. The van der Waals surface area contributed by atoms with Gasteiger partial charge < -0.3 is 4.57 Å². The second-order valence-electron chi connectivity index (χ2n) is 3.71. The van der Waals surface area contributed by atoms with Crippen molar-refractivity contribution < 1.29 is 4.79 Å². The number of carbonyl (C=O) groups excluding carboxylic acids is 1. The molecule has 0 fully saturated rings. The molecule has 0 aliphatic heterocycles. The summed E-state index contributed by atoms with van der Waals surface area (Å²) >= 11 is 1.52. The Morgan fingerprint density at radius 2 is 2.12 bits per heavy atom. The van der Waals surface area contributed by atoms with Gasteiger partial charge in [-0.25, -0.2) is 5.84 Å². The van der Waals surface area contributed by atoms with Crippen LogP contribution < -0.4 is 11.3 Å². The normalized spacial score (nSPS) is 14.6. The van der Waals surface area contributed by atoms with Gasteiger partial charge in [0.05, 0.1) is 0 Å². The molecule has 16 heavy (non-hydrogen) atoms. The minimum absolute atomic E-state index is 0.0887. The first-order chi connectivity index (χ1) is 7.47. The molecular weight excluding hydrogens is 226 g/mol. The second-order valence-corrected chi connectivity index (χ2v) is 5.05. The number of hydrogen-bond acceptors (Lipinski definition) is 5. The third-order valence-electron chi connectivity index (χ3n) is 2.60. The van der Waals surface area contributed by atoms with E-state index in [9.17, 15) is 4.79 Å². The fourth-order valence-electron chi connectivity index (χ4n) is 1.10. The van der Waals surface area contributed by atoms with Crippen LogP contribution in [0.15, 0.2) is 5.16 Å². The summed E-state index contributed by atoms with van der Waals surface area (Å²) in [7, 11) is 1.90. The molecule has 1 amide bonds. The molecule has 0 saturated carbocycles. The lowest BCUT2D eigenvalue weighted by Crippen LogP contribution is -2.38. The van der Waals surface area contributed by atoms with E-state index in [1.54, 1.807) is 0 Å². The van der Waals surface area contributed by atoms with Gasteiger partial charge in [-0.3, -0.25) is 10.2 Å². The van der Waals surface area contributed by atoms with E-state index in [0.717, 1.165) is 11.0 Å². The molecule has 0 radical (unpaired) electrons. The predicted octanol–water partition coefficient (Wildman–Crippen LogP) is 0.230. The van der Waals surface area contributed by atoms with Gasteiger partial charge >= 0.3 is 0 Å². The molecule has 2 unspecified atom stereocenters. The molecule has 1 rings (SSSR count). The standard InChI is InChI=1S/C9H17N5OS/c1-5(8(15)11-10)6(2)16-9-13-12-7(3)14(9)4/h5-6H,10H2,1-4H3,(H,11,15). The Bertz CT molecular complexity index is 378. The van der Waals surface area contributed by atoms with Gasteiger partial charge in [0.25, 0.3) is 0 Å². The van der Waals surface area contributed by atoms with Crippen LogP contribution in [0.2, 0.25) is 0 Å². The summed E-state index contributed by atoms with van der Waals surface area (Å²) in [6.07, 6.45) is 0. The number of hydrogen-bond donors (Lipinski definition) is 2. The van der Waals surface area contributed by atoms with Crippen LogP contribution in [0.25, 0.3) is 0 Å². The zero-order valence-corrected chi connectivity index (χ0v) is 10.7. The van der Waals surface area contributed by atoms with E-state index in [1.165, 1.54) is 11.8 Å². The lowest BCUT2D eigenvalue weighted by atomic mass is 10.1. The molecule has 1 aromatic rings. The summed E-state index contributed by atoms with van der Waals surface area (Å²) in [6, 6.07) is 0. The Labute approximate surface area is 99.0 Å². The van der Waals surface area contributed by atoms with Crippen molar-refractivity contribution in [3.63, 3.8) is 0 Å². The Morgan fingerprint density at radius 3 is 2.56 bits per heavy atom. The average Bonchev–Trinajstić information content (AvgIpc) is 2.58. The zero-order valence-electron chi connectivity index (χ0n) is 9.89. The third kappa shape index (κ3) is 2.73. The average molecular weight is 243 g/mol. The van der Waals surface area contributed by atoms with Gasteiger partial charge in [0.2, 0.25) is 5.91 Å². The minimum atomic E-state index is -0.174. The van der Waals surface area contributed by atoms with Crippen LogP contribution in [0.1, 0.15) is 19.7 Å². The first-order valence-corrected chi connectivity index (χ1v) is 5.88. The quantitative estimate of drug-likeness (QED) is 0.342. The molecule has 90 valence electrons. The highest BCUT2D eigenvalue weighted by molar-refractivity contribution is 7.99. The molecule has 1 aromatic heterocycles. The van der Waals surface area contributed by atoms with E-state index in [2.05, 4.69) is 15.6 Å². The van der Waals surface area contributed by atoms with Crippen molar-refractivity contribution in [2.75, 3.05) is 0 Å². The molecule has 0 saturated heterocycles. The summed E-state index contributed by atoms with van der Waals surface area (Å²) in [5.74, 6) is 5.61. The number of aryl methyl sites for hydroxylation is 1. The summed E-state index contributed by atoms with van der Waals surface area (Å²) < 4.78 is 1.90. The van der Waals surface area contributed by atoms with Gasteiger partial charge in [-0.1, -0.05) is 25.6 Å². The second kappa shape index (κ2) is 5.31. The van der Waals surface area contributed by atoms with E-state index in [-0.39, 0.29) is 17.1 Å². The molecule has 0 aliphatic rings. The molecule has 7 heteroatoms. The van der Waals surface area contributed by atoms with Crippen molar-refractivity contribution in [1.82, 2.24) is 20.2 Å². The van der Waals surface area contributed by atoms with Crippen LogP contribution in [-0.2, 0) is 11.8 Å². The molecular formula is C9H17N5OS. The number of nitrogens with two attached hydrogens (primary N) is 1. The van der Waals surface area contributed by atoms with Crippen LogP contribution in [-0.4, -0.2) is 25.9 Å². The molecule has 6 nitrogen and oxygen atoms in total. The minimum Gasteiger partial charge on any atom is -0.309 e. The summed E-state index contributed by atoms with van der Waals surface area (Å²) in [4.78, 5) is 11.3. The van der Waals surface area contributed by atoms with Crippen LogP contribution in [0.4, 0.5) is 0 Å². The first-order valence-electron chi connectivity index (χ1n) is 5.00. The van der Waals surface area contributed by atoms with E-state index >= 15 is 0 Å². The van der Waals surface area contributed by atoms with Crippen molar-refractivity contribution in [1.29, 1.82) is 0 Å². The van der Waals surface area contributed by atoms with Crippen LogP contribution >= 0.6 is 11.8 Å². The molecule has 2 atom stereocenters. The van der Waals surface area contributed by atoms with Gasteiger partial charge in [0.1, 0.15) is 5.82 Å². The summed E-state index contributed by atoms with van der Waals surface area (Å²) in [5.41, 5.74) is 2.16. The van der Waals surface area contributed by atoms with Crippen molar-refractivity contribution >= 4 is 17.7 Å². The highest BCUT2D eigenvalue weighted by Gasteiger charge is 2.22. The predicted molar refractivity (Wildman–Crippen MR) is 62.6 cm³/mol. The number of rotatable bonds is 4. The van der Waals surface area contributed by atoms with Gasteiger partial charge in [-0.05, 0) is 6.92 Å². The Kier molecular flexibility index (Phi) is 4.31. The lowest BCUT2D eigenvalue weighted by molar-refractivity contribution is -0.124. The number of hydrazine groups is 1. The maximum Gasteiger partial charge on any atom is 0.237 e. The van der Waals surface area contributed by atoms with Crippen molar-refractivity contribution in [2.24, 2.45) is 18.8 Å². The smallest absolute Gasteiger partial charge is 0.237 e. The van der Waals surface area contributed by atoms with Crippen molar-refractivity contribution in [3.8, 4) is 0 Å². The Morgan fingerprint density at radius 1 is 1.50 bits per heavy atom. The molecule has 0 bridgehead atoms. The fourth-order valence-corrected chi connectivity index (χ4v) is 2.14. The molecule has 3 N–H and O–H groups in total. The van der Waals surface area contributed by atoms with Crippen LogP contribution in [0.5, 0.6) is 0 Å². The number of amides is 1. The van der Waals surface area contributed by atoms with E-state index < -0.39 is 0 Å². The highest BCUT2D eigenvalue weighted by atomic mass is 32.2. The molecule has 1 heterocycles. The topological polar surface area (TPSA) is 85.8 Å². The third-order valence-corrected chi connectivity index (χ3v) is 3.95. The van der Waals surface area contributed by atoms with Gasteiger partial charge in [-0.15, -0.1) is 10.2 Å². The largest absolute Gasteiger partial charge is 0.309 e. The highest BCUT2D eigenvalue weighted by Crippen LogP contribution is 2.26. The number of aromatic nitrogens is 3. The molecule has 0 aliphatic carbocycles. The maximum atomic E-state index is 11.3.